The van der Waals surface area contributed by atoms with Crippen LogP contribution in [-0.2, 0) is 17.6 Å². The molecule has 2 aliphatic heterocycles. The highest BCUT2D eigenvalue weighted by molar-refractivity contribution is 6.01. The van der Waals surface area contributed by atoms with E-state index in [-0.39, 0.29) is 5.91 Å². The second kappa shape index (κ2) is 4.73. The Labute approximate surface area is 108 Å². The minimum atomic E-state index is 0.221. The number of carbonyl (C=O) groups excluding carboxylic acids is 1. The van der Waals surface area contributed by atoms with Crippen LogP contribution in [0.15, 0.2) is 18.2 Å². The third-order valence-electron chi connectivity index (χ3n) is 4.16. The number of fused-ring (bicyclic) bond motifs is 1. The van der Waals surface area contributed by atoms with E-state index in [1.807, 2.05) is 11.9 Å². The molecule has 1 aromatic carbocycles. The second-order valence-corrected chi connectivity index (χ2v) is 5.47. The van der Waals surface area contributed by atoms with Crippen LogP contribution in [0.5, 0.6) is 0 Å². The van der Waals surface area contributed by atoms with E-state index in [4.69, 9.17) is 0 Å². The molecule has 0 radical (unpaired) electrons. The molecule has 1 fully saturated rings. The molecule has 3 heteroatoms. The van der Waals surface area contributed by atoms with E-state index in [1.165, 1.54) is 29.7 Å². The number of para-hydroxylation sites is 1. The predicted molar refractivity (Wildman–Crippen MR) is 72.9 cm³/mol. The van der Waals surface area contributed by atoms with Gasteiger partial charge in [-0.25, -0.2) is 0 Å². The van der Waals surface area contributed by atoms with E-state index < -0.39 is 0 Å². The Morgan fingerprint density at radius 1 is 1.44 bits per heavy atom. The number of rotatable bonds is 2. The van der Waals surface area contributed by atoms with Crippen LogP contribution in [0.4, 0.5) is 5.69 Å². The highest BCUT2D eigenvalue weighted by Gasteiger charge is 2.27. The molecule has 96 valence electrons. The summed E-state index contributed by atoms with van der Waals surface area (Å²) in [5.41, 5.74) is 3.71. The SMILES string of the molecule is CN1C(=O)Cc2cccc(CC3CCCNC3)c21. The van der Waals surface area contributed by atoms with Crippen molar-refractivity contribution in [2.45, 2.75) is 25.7 Å². The lowest BCUT2D eigenvalue weighted by molar-refractivity contribution is -0.117. The van der Waals surface area contributed by atoms with Crippen molar-refractivity contribution in [2.75, 3.05) is 25.0 Å². The maximum absolute atomic E-state index is 11.8. The Morgan fingerprint density at radius 2 is 2.33 bits per heavy atom. The maximum atomic E-state index is 11.8. The number of likely N-dealkylation sites (N-methyl/N-ethyl adjacent to an activating group) is 1. The van der Waals surface area contributed by atoms with Gasteiger partial charge in [-0.15, -0.1) is 0 Å². The quantitative estimate of drug-likeness (QED) is 0.859. The molecular weight excluding hydrogens is 224 g/mol. The molecule has 0 aromatic heterocycles. The molecule has 2 aliphatic rings. The fourth-order valence-electron chi connectivity index (χ4n) is 3.20. The van der Waals surface area contributed by atoms with Crippen LogP contribution in [-0.4, -0.2) is 26.0 Å². The van der Waals surface area contributed by atoms with Gasteiger partial charge in [-0.3, -0.25) is 4.79 Å². The molecule has 1 amide bonds. The number of nitrogens with zero attached hydrogens (tertiary/aromatic N) is 1. The van der Waals surface area contributed by atoms with Gasteiger partial charge in [0.1, 0.15) is 0 Å². The normalized spacial score (nSPS) is 23.3. The minimum Gasteiger partial charge on any atom is -0.316 e. The van der Waals surface area contributed by atoms with Gasteiger partial charge in [0.2, 0.25) is 5.91 Å². The van der Waals surface area contributed by atoms with Crippen LogP contribution in [0.25, 0.3) is 0 Å². The zero-order valence-electron chi connectivity index (χ0n) is 10.9. The van der Waals surface area contributed by atoms with Gasteiger partial charge in [0.15, 0.2) is 0 Å². The average Bonchev–Trinajstić information content (AvgIpc) is 2.67. The van der Waals surface area contributed by atoms with Crippen molar-refractivity contribution in [3.63, 3.8) is 0 Å². The lowest BCUT2D eigenvalue weighted by Gasteiger charge is -2.24. The van der Waals surface area contributed by atoms with Crippen molar-refractivity contribution >= 4 is 11.6 Å². The van der Waals surface area contributed by atoms with Gasteiger partial charge in [-0.2, -0.15) is 0 Å². The summed E-state index contributed by atoms with van der Waals surface area (Å²) in [6.07, 6.45) is 4.24. The van der Waals surface area contributed by atoms with E-state index in [0.29, 0.717) is 12.3 Å². The first kappa shape index (κ1) is 11.7. The molecule has 2 heterocycles. The first-order valence-corrected chi connectivity index (χ1v) is 6.84. The van der Waals surface area contributed by atoms with Gasteiger partial charge in [0, 0.05) is 7.05 Å². The Morgan fingerprint density at radius 3 is 3.11 bits per heavy atom. The third kappa shape index (κ3) is 2.03. The Bertz CT molecular complexity index is 464. The lowest BCUT2D eigenvalue weighted by Crippen LogP contribution is -2.31. The monoisotopic (exact) mass is 244 g/mol. The Hall–Kier alpha value is -1.35. The molecule has 1 atom stereocenters. The Kier molecular flexibility index (Phi) is 3.08. The zero-order chi connectivity index (χ0) is 12.5. The first-order chi connectivity index (χ1) is 8.75. The fraction of sp³-hybridized carbons (Fsp3) is 0.533. The van der Waals surface area contributed by atoms with Crippen molar-refractivity contribution in [3.05, 3.63) is 29.3 Å². The number of anilines is 1. The molecule has 1 N–H and O–H groups in total. The van der Waals surface area contributed by atoms with Gasteiger partial charge < -0.3 is 10.2 Å². The topological polar surface area (TPSA) is 32.3 Å². The van der Waals surface area contributed by atoms with Gasteiger partial charge in [-0.05, 0) is 49.4 Å². The molecule has 1 unspecified atom stereocenters. The highest BCUT2D eigenvalue weighted by Crippen LogP contribution is 2.33. The lowest BCUT2D eigenvalue weighted by atomic mass is 9.91. The largest absolute Gasteiger partial charge is 0.316 e. The molecule has 0 saturated carbocycles. The van der Waals surface area contributed by atoms with Crippen LogP contribution in [0.2, 0.25) is 0 Å². The zero-order valence-corrected chi connectivity index (χ0v) is 10.9. The van der Waals surface area contributed by atoms with Crippen LogP contribution in [0.3, 0.4) is 0 Å². The summed E-state index contributed by atoms with van der Waals surface area (Å²) in [6, 6.07) is 6.36. The smallest absolute Gasteiger partial charge is 0.231 e. The number of benzene rings is 1. The van der Waals surface area contributed by atoms with Crippen LogP contribution in [0.1, 0.15) is 24.0 Å². The van der Waals surface area contributed by atoms with E-state index in [1.54, 1.807) is 0 Å². The fourth-order valence-corrected chi connectivity index (χ4v) is 3.20. The molecule has 3 nitrogen and oxygen atoms in total. The number of hydrogen-bond donors (Lipinski definition) is 1. The number of piperidine rings is 1. The van der Waals surface area contributed by atoms with Gasteiger partial charge in [0.05, 0.1) is 12.1 Å². The van der Waals surface area contributed by atoms with Crippen molar-refractivity contribution in [3.8, 4) is 0 Å². The van der Waals surface area contributed by atoms with E-state index in [9.17, 15) is 4.79 Å². The van der Waals surface area contributed by atoms with Gasteiger partial charge >= 0.3 is 0 Å². The van der Waals surface area contributed by atoms with Crippen molar-refractivity contribution in [1.29, 1.82) is 0 Å². The summed E-state index contributed by atoms with van der Waals surface area (Å²) < 4.78 is 0. The van der Waals surface area contributed by atoms with Crippen molar-refractivity contribution in [1.82, 2.24) is 5.32 Å². The predicted octanol–water partition coefficient (Wildman–Crippen LogP) is 1.75. The molecule has 1 saturated heterocycles. The highest BCUT2D eigenvalue weighted by atomic mass is 16.2. The van der Waals surface area contributed by atoms with E-state index in [0.717, 1.165) is 19.5 Å². The van der Waals surface area contributed by atoms with Crippen molar-refractivity contribution in [2.24, 2.45) is 5.92 Å². The van der Waals surface area contributed by atoms with Crippen LogP contribution in [0, 0.1) is 5.92 Å². The molecule has 0 aliphatic carbocycles. The van der Waals surface area contributed by atoms with Crippen LogP contribution < -0.4 is 10.2 Å². The Balaban J connectivity index is 1.85. The summed E-state index contributed by atoms with van der Waals surface area (Å²) in [5, 5.41) is 3.46. The second-order valence-electron chi connectivity index (χ2n) is 5.47. The van der Waals surface area contributed by atoms with Gasteiger partial charge in [-0.1, -0.05) is 18.2 Å². The summed E-state index contributed by atoms with van der Waals surface area (Å²) in [5.74, 6) is 0.938. The summed E-state index contributed by atoms with van der Waals surface area (Å²) >= 11 is 0. The summed E-state index contributed by atoms with van der Waals surface area (Å²) in [4.78, 5) is 13.6. The van der Waals surface area contributed by atoms with E-state index >= 15 is 0 Å². The number of carbonyl (C=O) groups is 1. The number of hydrogen-bond acceptors (Lipinski definition) is 2. The first-order valence-electron chi connectivity index (χ1n) is 6.84. The average molecular weight is 244 g/mol. The number of nitrogens with one attached hydrogen (secondary N) is 1. The van der Waals surface area contributed by atoms with Crippen molar-refractivity contribution < 1.29 is 4.79 Å². The third-order valence-corrected chi connectivity index (χ3v) is 4.16. The maximum Gasteiger partial charge on any atom is 0.231 e. The van der Waals surface area contributed by atoms with Gasteiger partial charge in [0.25, 0.3) is 0 Å². The minimum absolute atomic E-state index is 0.221. The molecule has 1 aromatic rings. The summed E-state index contributed by atoms with van der Waals surface area (Å²) in [7, 11) is 1.90. The molecule has 0 spiro atoms. The molecule has 18 heavy (non-hydrogen) atoms. The standard InChI is InChI=1S/C15H20N2O/c1-17-14(18)9-13-6-2-5-12(15(13)17)8-11-4-3-7-16-10-11/h2,5-6,11,16H,3-4,7-10H2,1H3. The van der Waals surface area contributed by atoms with Crippen LogP contribution >= 0.6 is 0 Å². The van der Waals surface area contributed by atoms with E-state index in [2.05, 4.69) is 23.5 Å². The molecular formula is C15H20N2O. The molecule has 0 bridgehead atoms. The molecule has 3 rings (SSSR count). The number of amides is 1. The summed E-state index contributed by atoms with van der Waals surface area (Å²) in [6.45, 7) is 2.27.